The number of anilines is 1. The molecule has 1 aliphatic heterocycles. The molecule has 1 aliphatic rings. The predicted molar refractivity (Wildman–Crippen MR) is 99.5 cm³/mol. The van der Waals surface area contributed by atoms with Crippen LogP contribution in [0.5, 0.6) is 5.75 Å². The Kier molecular flexibility index (Phi) is 5.02. The maximum Gasteiger partial charge on any atom is 0.265 e. The Morgan fingerprint density at radius 3 is 2.50 bits per heavy atom. The van der Waals surface area contributed by atoms with Crippen molar-refractivity contribution in [3.05, 3.63) is 54.1 Å². The molecule has 0 saturated heterocycles. The molecule has 3 rings (SSSR count). The molecule has 0 bridgehead atoms. The van der Waals surface area contributed by atoms with Crippen molar-refractivity contribution in [3.8, 4) is 5.75 Å². The zero-order chi connectivity index (χ0) is 18.9. The molecule has 138 valence electrons. The summed E-state index contributed by atoms with van der Waals surface area (Å²) in [5.41, 5.74) is 1.28. The number of sulfonamides is 1. The van der Waals surface area contributed by atoms with E-state index >= 15 is 0 Å². The van der Waals surface area contributed by atoms with Crippen molar-refractivity contribution in [3.63, 3.8) is 0 Å². The quantitative estimate of drug-likeness (QED) is 0.873. The van der Waals surface area contributed by atoms with E-state index < -0.39 is 16.1 Å². The number of carbonyl (C=O) groups excluding carboxylic acids is 1. The van der Waals surface area contributed by atoms with Gasteiger partial charge in [0.1, 0.15) is 5.75 Å². The van der Waals surface area contributed by atoms with Crippen LogP contribution in [0.2, 0.25) is 0 Å². The van der Waals surface area contributed by atoms with Crippen LogP contribution in [0.25, 0.3) is 0 Å². The van der Waals surface area contributed by atoms with Crippen LogP contribution in [0.3, 0.4) is 0 Å². The standard InChI is InChI=1S/C19H22N2O4S/c1-13(2)21(12-15-7-5-4-6-8-15)26(23,24)16-9-10-18-17(11-16)20-19(22)14(3)25-18/h4-11,13-14H,12H2,1-3H3,(H,20,22). The Labute approximate surface area is 153 Å². The normalized spacial score (nSPS) is 17.0. The van der Waals surface area contributed by atoms with Gasteiger partial charge >= 0.3 is 0 Å². The fourth-order valence-electron chi connectivity index (χ4n) is 2.79. The molecule has 1 unspecified atom stereocenters. The first-order valence-corrected chi connectivity index (χ1v) is 9.90. The van der Waals surface area contributed by atoms with Crippen LogP contribution in [0.1, 0.15) is 26.3 Å². The summed E-state index contributed by atoms with van der Waals surface area (Å²) in [6.07, 6.45) is -0.602. The van der Waals surface area contributed by atoms with Crippen molar-refractivity contribution in [1.29, 1.82) is 0 Å². The minimum absolute atomic E-state index is 0.124. The SMILES string of the molecule is CC1Oc2ccc(S(=O)(=O)N(Cc3ccccc3)C(C)C)cc2NC1=O. The number of ether oxygens (including phenoxy) is 1. The van der Waals surface area contributed by atoms with Gasteiger partial charge in [-0.3, -0.25) is 4.79 Å². The number of benzene rings is 2. The number of hydrogen-bond donors (Lipinski definition) is 1. The third-order valence-corrected chi connectivity index (χ3v) is 6.26. The highest BCUT2D eigenvalue weighted by atomic mass is 32.2. The lowest BCUT2D eigenvalue weighted by atomic mass is 10.2. The van der Waals surface area contributed by atoms with Gasteiger partial charge in [-0.2, -0.15) is 4.31 Å². The zero-order valence-corrected chi connectivity index (χ0v) is 15.8. The first-order chi connectivity index (χ1) is 12.3. The van der Waals surface area contributed by atoms with Gasteiger partial charge in [-0.25, -0.2) is 8.42 Å². The van der Waals surface area contributed by atoms with Crippen molar-refractivity contribution in [1.82, 2.24) is 4.31 Å². The lowest BCUT2D eigenvalue weighted by Gasteiger charge is -2.27. The average Bonchev–Trinajstić information content (AvgIpc) is 2.60. The lowest BCUT2D eigenvalue weighted by Crippen LogP contribution is -2.37. The van der Waals surface area contributed by atoms with Gasteiger partial charge in [0, 0.05) is 12.6 Å². The molecule has 0 aromatic heterocycles. The average molecular weight is 374 g/mol. The van der Waals surface area contributed by atoms with E-state index in [4.69, 9.17) is 4.74 Å². The summed E-state index contributed by atoms with van der Waals surface area (Å²) in [6.45, 7) is 5.60. The van der Waals surface area contributed by atoms with E-state index in [0.29, 0.717) is 11.4 Å². The van der Waals surface area contributed by atoms with Crippen LogP contribution in [-0.2, 0) is 21.4 Å². The second kappa shape index (κ2) is 7.09. The van der Waals surface area contributed by atoms with Crippen LogP contribution in [-0.4, -0.2) is 30.8 Å². The number of carbonyl (C=O) groups is 1. The van der Waals surface area contributed by atoms with E-state index in [1.54, 1.807) is 13.0 Å². The summed E-state index contributed by atoms with van der Waals surface area (Å²) < 4.78 is 33.3. The molecule has 1 atom stereocenters. The Bertz CT molecular complexity index is 910. The van der Waals surface area contributed by atoms with Gasteiger partial charge < -0.3 is 10.1 Å². The van der Waals surface area contributed by atoms with Gasteiger partial charge in [0.25, 0.3) is 5.91 Å². The predicted octanol–water partition coefficient (Wildman–Crippen LogP) is 3.01. The Balaban J connectivity index is 1.95. The second-order valence-electron chi connectivity index (χ2n) is 6.54. The minimum atomic E-state index is -3.74. The van der Waals surface area contributed by atoms with E-state index in [0.717, 1.165) is 5.56 Å². The maximum atomic E-state index is 13.2. The number of fused-ring (bicyclic) bond motifs is 1. The molecule has 0 spiro atoms. The molecular formula is C19H22N2O4S. The molecule has 6 nitrogen and oxygen atoms in total. The summed E-state index contributed by atoms with van der Waals surface area (Å²) in [5, 5.41) is 2.69. The fraction of sp³-hybridized carbons (Fsp3) is 0.316. The number of hydrogen-bond acceptors (Lipinski definition) is 4. The first kappa shape index (κ1) is 18.4. The maximum absolute atomic E-state index is 13.2. The molecule has 0 radical (unpaired) electrons. The van der Waals surface area contributed by atoms with E-state index in [1.807, 2.05) is 44.2 Å². The highest BCUT2D eigenvalue weighted by Crippen LogP contribution is 2.33. The molecule has 1 N–H and O–H groups in total. The topological polar surface area (TPSA) is 75.7 Å². The monoisotopic (exact) mass is 374 g/mol. The van der Waals surface area contributed by atoms with Crippen LogP contribution in [0.15, 0.2) is 53.4 Å². The molecule has 0 fully saturated rings. The number of rotatable bonds is 5. The van der Waals surface area contributed by atoms with E-state index in [-0.39, 0.29) is 23.4 Å². The lowest BCUT2D eigenvalue weighted by molar-refractivity contribution is -0.122. The Hall–Kier alpha value is -2.38. The molecule has 0 saturated carbocycles. The van der Waals surface area contributed by atoms with Crippen molar-refractivity contribution in [2.24, 2.45) is 0 Å². The summed E-state index contributed by atoms with van der Waals surface area (Å²) in [5.74, 6) is 0.173. The van der Waals surface area contributed by atoms with Gasteiger partial charge in [-0.1, -0.05) is 30.3 Å². The smallest absolute Gasteiger partial charge is 0.265 e. The molecule has 0 aliphatic carbocycles. The Morgan fingerprint density at radius 2 is 1.85 bits per heavy atom. The summed E-state index contributed by atoms with van der Waals surface area (Å²) in [6, 6.07) is 13.8. The van der Waals surface area contributed by atoms with Crippen molar-refractivity contribution in [2.45, 2.75) is 44.4 Å². The Morgan fingerprint density at radius 1 is 1.15 bits per heavy atom. The van der Waals surface area contributed by atoms with Crippen molar-refractivity contribution in [2.75, 3.05) is 5.32 Å². The van der Waals surface area contributed by atoms with Gasteiger partial charge in [-0.15, -0.1) is 0 Å². The molecule has 7 heteroatoms. The van der Waals surface area contributed by atoms with Gasteiger partial charge in [-0.05, 0) is 44.5 Å². The van der Waals surface area contributed by atoms with E-state index in [9.17, 15) is 13.2 Å². The molecule has 1 amide bonds. The molecular weight excluding hydrogens is 352 g/mol. The van der Waals surface area contributed by atoms with Crippen molar-refractivity contribution >= 4 is 21.6 Å². The molecule has 2 aromatic rings. The third-order valence-electron chi connectivity index (χ3n) is 4.25. The van der Waals surface area contributed by atoms with Crippen LogP contribution in [0.4, 0.5) is 5.69 Å². The summed E-state index contributed by atoms with van der Waals surface area (Å²) in [4.78, 5) is 11.9. The fourth-order valence-corrected chi connectivity index (χ4v) is 4.44. The van der Waals surface area contributed by atoms with Gasteiger partial charge in [0.2, 0.25) is 10.0 Å². The van der Waals surface area contributed by atoms with E-state index in [1.165, 1.54) is 16.4 Å². The summed E-state index contributed by atoms with van der Waals surface area (Å²) >= 11 is 0. The first-order valence-electron chi connectivity index (χ1n) is 8.46. The number of nitrogens with zero attached hydrogens (tertiary/aromatic N) is 1. The molecule has 1 heterocycles. The number of amides is 1. The largest absolute Gasteiger partial charge is 0.479 e. The second-order valence-corrected chi connectivity index (χ2v) is 8.43. The van der Waals surface area contributed by atoms with Crippen LogP contribution in [0, 0.1) is 0 Å². The molecule has 26 heavy (non-hydrogen) atoms. The molecule has 2 aromatic carbocycles. The number of nitrogens with one attached hydrogen (secondary N) is 1. The highest BCUT2D eigenvalue weighted by Gasteiger charge is 2.30. The van der Waals surface area contributed by atoms with Crippen LogP contribution < -0.4 is 10.1 Å². The van der Waals surface area contributed by atoms with E-state index in [2.05, 4.69) is 5.32 Å². The highest BCUT2D eigenvalue weighted by molar-refractivity contribution is 7.89. The van der Waals surface area contributed by atoms with Crippen molar-refractivity contribution < 1.29 is 17.9 Å². The zero-order valence-electron chi connectivity index (χ0n) is 15.0. The van der Waals surface area contributed by atoms with Crippen LogP contribution >= 0.6 is 0 Å². The van der Waals surface area contributed by atoms with Gasteiger partial charge in [0.05, 0.1) is 10.6 Å². The van der Waals surface area contributed by atoms with Gasteiger partial charge in [0.15, 0.2) is 6.10 Å². The summed E-state index contributed by atoms with van der Waals surface area (Å²) in [7, 11) is -3.74. The minimum Gasteiger partial charge on any atom is -0.479 e. The third kappa shape index (κ3) is 3.59.